The average molecular weight is 211 g/mol. The molecule has 2 atom stereocenters. The molecule has 14 heavy (non-hydrogen) atoms. The zero-order chi connectivity index (χ0) is 9.97. The molecule has 0 radical (unpaired) electrons. The highest BCUT2D eigenvalue weighted by atomic mass is 35.5. The van der Waals surface area contributed by atoms with Crippen LogP contribution in [-0.2, 0) is 0 Å². The Balaban J connectivity index is 2.14. The molecule has 76 valence electrons. The van der Waals surface area contributed by atoms with Crippen molar-refractivity contribution in [1.82, 2.24) is 4.98 Å². The summed E-state index contributed by atoms with van der Waals surface area (Å²) in [7, 11) is 0. The second-order valence-electron chi connectivity index (χ2n) is 4.04. The minimum absolute atomic E-state index is 0.362. The van der Waals surface area contributed by atoms with Crippen LogP contribution in [0, 0.1) is 0 Å². The topological polar surface area (TPSA) is 38.9 Å². The number of hydrogen-bond acceptors (Lipinski definition) is 2. The van der Waals surface area contributed by atoms with Gasteiger partial charge in [-0.25, -0.2) is 4.98 Å². The molecular formula is C11H15ClN2. The smallest absolute Gasteiger partial charge is 0.129 e. The molecular weight excluding hydrogens is 196 g/mol. The predicted octanol–water partition coefficient (Wildman–Crippen LogP) is 2.72. The van der Waals surface area contributed by atoms with Gasteiger partial charge in [0, 0.05) is 12.2 Å². The van der Waals surface area contributed by atoms with Gasteiger partial charge in [0.15, 0.2) is 0 Å². The van der Waals surface area contributed by atoms with E-state index in [1.165, 1.54) is 18.4 Å². The second kappa shape index (κ2) is 4.28. The largest absolute Gasteiger partial charge is 0.328 e. The third-order valence-corrected chi connectivity index (χ3v) is 3.14. The quantitative estimate of drug-likeness (QED) is 0.724. The third-order valence-electron chi connectivity index (χ3n) is 2.94. The van der Waals surface area contributed by atoms with E-state index in [1.807, 2.05) is 6.07 Å². The van der Waals surface area contributed by atoms with E-state index in [-0.39, 0.29) is 0 Å². The van der Waals surface area contributed by atoms with E-state index in [0.717, 1.165) is 12.8 Å². The molecule has 2 unspecified atom stereocenters. The van der Waals surface area contributed by atoms with Crippen LogP contribution in [0.1, 0.15) is 37.2 Å². The lowest BCUT2D eigenvalue weighted by Gasteiger charge is -2.26. The number of halogens is 1. The van der Waals surface area contributed by atoms with Crippen molar-refractivity contribution in [2.45, 2.75) is 37.6 Å². The molecule has 1 fully saturated rings. The normalized spacial score (nSPS) is 27.6. The van der Waals surface area contributed by atoms with Gasteiger partial charge in [0.1, 0.15) is 5.15 Å². The molecule has 1 saturated carbocycles. The van der Waals surface area contributed by atoms with Gasteiger partial charge in [-0.3, -0.25) is 0 Å². The molecule has 1 aliphatic carbocycles. The Morgan fingerprint density at radius 3 is 3.00 bits per heavy atom. The highest BCUT2D eigenvalue weighted by Gasteiger charge is 2.20. The van der Waals surface area contributed by atoms with Crippen molar-refractivity contribution in [2.24, 2.45) is 5.73 Å². The first-order valence-corrected chi connectivity index (χ1v) is 5.50. The molecule has 1 aromatic heterocycles. The summed E-state index contributed by atoms with van der Waals surface area (Å²) in [6.07, 6.45) is 6.48. The van der Waals surface area contributed by atoms with Crippen molar-refractivity contribution in [2.75, 3.05) is 0 Å². The fourth-order valence-corrected chi connectivity index (χ4v) is 2.38. The minimum Gasteiger partial charge on any atom is -0.328 e. The molecule has 2 nitrogen and oxygen atoms in total. The van der Waals surface area contributed by atoms with Crippen LogP contribution >= 0.6 is 11.6 Å². The first-order valence-electron chi connectivity index (χ1n) is 5.13. The SMILES string of the molecule is NC1CCCC(c2ccnc(Cl)c2)C1. The van der Waals surface area contributed by atoms with Crippen LogP contribution in [0.5, 0.6) is 0 Å². The number of nitrogens with zero attached hydrogens (tertiary/aromatic N) is 1. The summed E-state index contributed by atoms with van der Waals surface area (Å²) < 4.78 is 0. The monoisotopic (exact) mass is 210 g/mol. The van der Waals surface area contributed by atoms with E-state index in [2.05, 4.69) is 11.1 Å². The molecule has 2 rings (SSSR count). The molecule has 1 aromatic rings. The first kappa shape index (κ1) is 9.94. The molecule has 3 heteroatoms. The maximum atomic E-state index is 5.95. The van der Waals surface area contributed by atoms with Gasteiger partial charge in [-0.05, 0) is 42.9 Å². The lowest BCUT2D eigenvalue weighted by Crippen LogP contribution is -2.26. The lowest BCUT2D eigenvalue weighted by atomic mass is 9.82. The van der Waals surface area contributed by atoms with E-state index in [0.29, 0.717) is 17.1 Å². The Morgan fingerprint density at radius 2 is 2.29 bits per heavy atom. The van der Waals surface area contributed by atoms with Gasteiger partial charge in [-0.15, -0.1) is 0 Å². The Labute approximate surface area is 89.5 Å². The minimum atomic E-state index is 0.362. The summed E-state index contributed by atoms with van der Waals surface area (Å²) in [6, 6.07) is 4.37. The number of rotatable bonds is 1. The van der Waals surface area contributed by atoms with Gasteiger partial charge in [-0.2, -0.15) is 0 Å². The summed E-state index contributed by atoms with van der Waals surface area (Å²) in [5, 5.41) is 0.585. The van der Waals surface area contributed by atoms with Gasteiger partial charge in [-0.1, -0.05) is 18.0 Å². The molecule has 2 N–H and O–H groups in total. The number of aromatic nitrogens is 1. The van der Waals surface area contributed by atoms with Gasteiger partial charge < -0.3 is 5.73 Å². The van der Waals surface area contributed by atoms with E-state index in [1.54, 1.807) is 6.20 Å². The maximum absolute atomic E-state index is 5.95. The molecule has 0 aliphatic heterocycles. The van der Waals surface area contributed by atoms with Crippen LogP contribution in [0.15, 0.2) is 18.3 Å². The van der Waals surface area contributed by atoms with Crippen LogP contribution in [0.25, 0.3) is 0 Å². The standard InChI is InChI=1S/C11H15ClN2/c12-11-7-9(4-5-14-11)8-2-1-3-10(13)6-8/h4-5,7-8,10H,1-3,6,13H2. The third kappa shape index (κ3) is 2.25. The summed E-state index contributed by atoms with van der Waals surface area (Å²) >= 11 is 5.86. The molecule has 1 aliphatic rings. The van der Waals surface area contributed by atoms with Crippen LogP contribution < -0.4 is 5.73 Å². The van der Waals surface area contributed by atoms with Crippen molar-refractivity contribution in [3.05, 3.63) is 29.0 Å². The fourth-order valence-electron chi connectivity index (χ4n) is 2.20. The fraction of sp³-hybridized carbons (Fsp3) is 0.545. The van der Waals surface area contributed by atoms with Crippen LogP contribution in [0.2, 0.25) is 5.15 Å². The van der Waals surface area contributed by atoms with Crippen molar-refractivity contribution in [3.63, 3.8) is 0 Å². The van der Waals surface area contributed by atoms with Crippen molar-refractivity contribution < 1.29 is 0 Å². The molecule has 0 saturated heterocycles. The van der Waals surface area contributed by atoms with E-state index >= 15 is 0 Å². The average Bonchev–Trinajstić information content (AvgIpc) is 2.18. The Bertz CT molecular complexity index is 314. The summed E-state index contributed by atoms with van der Waals surface area (Å²) in [6.45, 7) is 0. The van der Waals surface area contributed by atoms with Gasteiger partial charge >= 0.3 is 0 Å². The lowest BCUT2D eigenvalue weighted by molar-refractivity contribution is 0.393. The van der Waals surface area contributed by atoms with Crippen LogP contribution in [0.3, 0.4) is 0 Å². The maximum Gasteiger partial charge on any atom is 0.129 e. The van der Waals surface area contributed by atoms with Crippen LogP contribution in [0.4, 0.5) is 0 Å². The number of pyridine rings is 1. The van der Waals surface area contributed by atoms with E-state index in [9.17, 15) is 0 Å². The summed E-state index contributed by atoms with van der Waals surface area (Å²) in [5.41, 5.74) is 7.24. The van der Waals surface area contributed by atoms with Gasteiger partial charge in [0.2, 0.25) is 0 Å². The van der Waals surface area contributed by atoms with Gasteiger partial charge in [0.25, 0.3) is 0 Å². The van der Waals surface area contributed by atoms with E-state index in [4.69, 9.17) is 17.3 Å². The number of nitrogens with two attached hydrogens (primary N) is 1. The Morgan fingerprint density at radius 1 is 1.43 bits per heavy atom. The first-order chi connectivity index (χ1) is 6.75. The van der Waals surface area contributed by atoms with Crippen molar-refractivity contribution >= 4 is 11.6 Å². The molecule has 1 heterocycles. The van der Waals surface area contributed by atoms with E-state index < -0.39 is 0 Å². The molecule has 0 amide bonds. The molecule has 0 aromatic carbocycles. The van der Waals surface area contributed by atoms with Crippen LogP contribution in [-0.4, -0.2) is 11.0 Å². The van der Waals surface area contributed by atoms with Crippen molar-refractivity contribution in [1.29, 1.82) is 0 Å². The summed E-state index contributed by atoms with van der Waals surface area (Å²) in [4.78, 5) is 3.99. The zero-order valence-electron chi connectivity index (χ0n) is 8.12. The zero-order valence-corrected chi connectivity index (χ0v) is 8.87. The summed E-state index contributed by atoms with van der Waals surface area (Å²) in [5.74, 6) is 0.583. The highest BCUT2D eigenvalue weighted by molar-refractivity contribution is 6.29. The second-order valence-corrected chi connectivity index (χ2v) is 4.42. The van der Waals surface area contributed by atoms with Crippen molar-refractivity contribution in [3.8, 4) is 0 Å². The Hall–Kier alpha value is -0.600. The highest BCUT2D eigenvalue weighted by Crippen LogP contribution is 2.32. The molecule has 0 bridgehead atoms. The number of hydrogen-bond donors (Lipinski definition) is 1. The Kier molecular flexibility index (Phi) is 3.04. The predicted molar refractivity (Wildman–Crippen MR) is 58.4 cm³/mol. The van der Waals surface area contributed by atoms with Gasteiger partial charge in [0.05, 0.1) is 0 Å². The molecule has 0 spiro atoms.